The molecular formula is C11H12ClN3. The third-order valence-corrected chi connectivity index (χ3v) is 2.45. The SMILES string of the molecule is Cc1ccn(Cc2cc(Cl)ccc2N)n1. The molecule has 2 N–H and O–H groups in total. The summed E-state index contributed by atoms with van der Waals surface area (Å²) in [5, 5.41) is 4.99. The molecule has 4 heteroatoms. The van der Waals surface area contributed by atoms with Crippen molar-refractivity contribution in [2.75, 3.05) is 5.73 Å². The molecule has 78 valence electrons. The van der Waals surface area contributed by atoms with Crippen molar-refractivity contribution in [2.45, 2.75) is 13.5 Å². The maximum atomic E-state index is 5.90. The van der Waals surface area contributed by atoms with Gasteiger partial charge in [-0.05, 0) is 36.8 Å². The zero-order valence-corrected chi connectivity index (χ0v) is 9.20. The second kappa shape index (κ2) is 3.95. The second-order valence-electron chi connectivity index (χ2n) is 3.50. The van der Waals surface area contributed by atoms with Gasteiger partial charge in [0.15, 0.2) is 0 Å². The quantitative estimate of drug-likeness (QED) is 0.792. The predicted octanol–water partition coefficient (Wildman–Crippen LogP) is 2.48. The lowest BCUT2D eigenvalue weighted by Gasteiger charge is -2.06. The van der Waals surface area contributed by atoms with Gasteiger partial charge in [-0.1, -0.05) is 11.6 Å². The first kappa shape index (κ1) is 10.1. The van der Waals surface area contributed by atoms with Gasteiger partial charge in [-0.2, -0.15) is 5.10 Å². The van der Waals surface area contributed by atoms with Crippen molar-refractivity contribution in [3.05, 3.63) is 46.7 Å². The molecule has 0 fully saturated rings. The van der Waals surface area contributed by atoms with Gasteiger partial charge in [0.05, 0.1) is 12.2 Å². The smallest absolute Gasteiger partial charge is 0.0680 e. The highest BCUT2D eigenvalue weighted by atomic mass is 35.5. The molecule has 0 aliphatic heterocycles. The van der Waals surface area contributed by atoms with Crippen LogP contribution in [0.5, 0.6) is 0 Å². The summed E-state index contributed by atoms with van der Waals surface area (Å²) >= 11 is 5.90. The van der Waals surface area contributed by atoms with E-state index in [1.54, 1.807) is 6.07 Å². The Morgan fingerprint density at radius 1 is 1.40 bits per heavy atom. The molecule has 1 aromatic carbocycles. The molecule has 0 aliphatic rings. The molecule has 0 radical (unpaired) electrons. The Morgan fingerprint density at radius 3 is 2.87 bits per heavy atom. The van der Waals surface area contributed by atoms with Gasteiger partial charge in [0, 0.05) is 16.9 Å². The number of nitrogens with zero attached hydrogens (tertiary/aromatic N) is 2. The summed E-state index contributed by atoms with van der Waals surface area (Å²) in [6.45, 7) is 2.61. The number of aryl methyl sites for hydroxylation is 1. The fourth-order valence-electron chi connectivity index (χ4n) is 1.44. The van der Waals surface area contributed by atoms with Gasteiger partial charge in [0.1, 0.15) is 0 Å². The van der Waals surface area contributed by atoms with Crippen LogP contribution in [0.2, 0.25) is 5.02 Å². The first-order valence-corrected chi connectivity index (χ1v) is 5.07. The fraction of sp³-hybridized carbons (Fsp3) is 0.182. The van der Waals surface area contributed by atoms with E-state index in [-0.39, 0.29) is 0 Å². The van der Waals surface area contributed by atoms with Gasteiger partial charge in [-0.3, -0.25) is 4.68 Å². The van der Waals surface area contributed by atoms with Crippen molar-refractivity contribution in [3.8, 4) is 0 Å². The Balaban J connectivity index is 2.27. The number of hydrogen-bond acceptors (Lipinski definition) is 2. The third kappa shape index (κ3) is 2.30. The zero-order valence-electron chi connectivity index (χ0n) is 8.44. The summed E-state index contributed by atoms with van der Waals surface area (Å²) in [5.74, 6) is 0. The zero-order chi connectivity index (χ0) is 10.8. The van der Waals surface area contributed by atoms with Crippen LogP contribution in [0.1, 0.15) is 11.3 Å². The molecule has 0 unspecified atom stereocenters. The molecule has 0 amide bonds. The lowest BCUT2D eigenvalue weighted by atomic mass is 10.2. The van der Waals surface area contributed by atoms with Gasteiger partial charge in [0.25, 0.3) is 0 Å². The Bertz CT molecular complexity index is 476. The van der Waals surface area contributed by atoms with Gasteiger partial charge < -0.3 is 5.73 Å². The minimum absolute atomic E-state index is 0.653. The number of rotatable bonds is 2. The van der Waals surface area contributed by atoms with Gasteiger partial charge in [-0.15, -0.1) is 0 Å². The van der Waals surface area contributed by atoms with E-state index in [2.05, 4.69) is 5.10 Å². The van der Waals surface area contributed by atoms with Crippen molar-refractivity contribution < 1.29 is 0 Å². The molecule has 2 rings (SSSR count). The molecule has 0 saturated carbocycles. The molecule has 0 aliphatic carbocycles. The van der Waals surface area contributed by atoms with Crippen molar-refractivity contribution in [1.82, 2.24) is 9.78 Å². The summed E-state index contributed by atoms with van der Waals surface area (Å²) in [5.41, 5.74) is 8.57. The summed E-state index contributed by atoms with van der Waals surface area (Å²) in [6, 6.07) is 7.43. The standard InChI is InChI=1S/C11H12ClN3/c1-8-4-5-15(14-8)7-9-6-10(12)2-3-11(9)13/h2-6H,7,13H2,1H3. The van der Waals surface area contributed by atoms with Crippen LogP contribution in [0.15, 0.2) is 30.5 Å². The predicted molar refractivity (Wildman–Crippen MR) is 61.9 cm³/mol. The lowest BCUT2D eigenvalue weighted by Crippen LogP contribution is -2.03. The van der Waals surface area contributed by atoms with Gasteiger partial charge in [-0.25, -0.2) is 0 Å². The van der Waals surface area contributed by atoms with Crippen LogP contribution < -0.4 is 5.73 Å². The minimum Gasteiger partial charge on any atom is -0.398 e. The number of hydrogen-bond donors (Lipinski definition) is 1. The highest BCUT2D eigenvalue weighted by molar-refractivity contribution is 6.30. The average molecular weight is 222 g/mol. The van der Waals surface area contributed by atoms with Crippen LogP contribution in [0, 0.1) is 6.92 Å². The van der Waals surface area contributed by atoms with Crippen LogP contribution in [-0.2, 0) is 6.54 Å². The van der Waals surface area contributed by atoms with E-state index in [1.807, 2.05) is 36.0 Å². The Labute approximate surface area is 93.5 Å². The molecule has 0 saturated heterocycles. The molecule has 15 heavy (non-hydrogen) atoms. The van der Waals surface area contributed by atoms with E-state index in [1.165, 1.54) is 0 Å². The van der Waals surface area contributed by atoms with Crippen molar-refractivity contribution in [3.63, 3.8) is 0 Å². The van der Waals surface area contributed by atoms with E-state index < -0.39 is 0 Å². The number of anilines is 1. The lowest BCUT2D eigenvalue weighted by molar-refractivity contribution is 0.681. The molecule has 1 aromatic heterocycles. The Kier molecular flexibility index (Phi) is 2.64. The van der Waals surface area contributed by atoms with E-state index >= 15 is 0 Å². The minimum atomic E-state index is 0.653. The van der Waals surface area contributed by atoms with Crippen LogP contribution in [0.3, 0.4) is 0 Å². The first-order chi connectivity index (χ1) is 7.15. The average Bonchev–Trinajstić information content (AvgIpc) is 2.58. The molecular weight excluding hydrogens is 210 g/mol. The summed E-state index contributed by atoms with van der Waals surface area (Å²) in [4.78, 5) is 0. The molecule has 1 heterocycles. The molecule has 0 spiro atoms. The second-order valence-corrected chi connectivity index (χ2v) is 3.93. The summed E-state index contributed by atoms with van der Waals surface area (Å²) in [6.07, 6.45) is 1.93. The highest BCUT2D eigenvalue weighted by Gasteiger charge is 2.02. The first-order valence-electron chi connectivity index (χ1n) is 4.69. The van der Waals surface area contributed by atoms with Crippen LogP contribution >= 0.6 is 11.6 Å². The van der Waals surface area contributed by atoms with E-state index in [0.717, 1.165) is 16.9 Å². The van der Waals surface area contributed by atoms with Crippen molar-refractivity contribution in [2.24, 2.45) is 0 Å². The van der Waals surface area contributed by atoms with Crippen LogP contribution in [0.4, 0.5) is 5.69 Å². The maximum Gasteiger partial charge on any atom is 0.0680 e. The maximum absolute atomic E-state index is 5.90. The van der Waals surface area contributed by atoms with Crippen molar-refractivity contribution >= 4 is 17.3 Å². The fourth-order valence-corrected chi connectivity index (χ4v) is 1.63. The number of halogens is 1. The molecule has 0 bridgehead atoms. The molecule has 0 atom stereocenters. The van der Waals surface area contributed by atoms with Crippen molar-refractivity contribution in [1.29, 1.82) is 0 Å². The van der Waals surface area contributed by atoms with Gasteiger partial charge >= 0.3 is 0 Å². The monoisotopic (exact) mass is 221 g/mol. The van der Waals surface area contributed by atoms with Crippen LogP contribution in [-0.4, -0.2) is 9.78 Å². The number of aromatic nitrogens is 2. The largest absolute Gasteiger partial charge is 0.398 e. The van der Waals surface area contributed by atoms with E-state index in [0.29, 0.717) is 11.6 Å². The molecule has 3 nitrogen and oxygen atoms in total. The number of nitrogens with two attached hydrogens (primary N) is 1. The van der Waals surface area contributed by atoms with E-state index in [9.17, 15) is 0 Å². The van der Waals surface area contributed by atoms with Crippen LogP contribution in [0.25, 0.3) is 0 Å². The Hall–Kier alpha value is -1.48. The van der Waals surface area contributed by atoms with Gasteiger partial charge in [0.2, 0.25) is 0 Å². The summed E-state index contributed by atoms with van der Waals surface area (Å²) in [7, 11) is 0. The summed E-state index contributed by atoms with van der Waals surface area (Å²) < 4.78 is 1.84. The highest BCUT2D eigenvalue weighted by Crippen LogP contribution is 2.18. The Morgan fingerprint density at radius 2 is 2.20 bits per heavy atom. The normalized spacial score (nSPS) is 10.5. The van der Waals surface area contributed by atoms with E-state index in [4.69, 9.17) is 17.3 Å². The number of benzene rings is 1. The third-order valence-electron chi connectivity index (χ3n) is 2.21. The topological polar surface area (TPSA) is 43.8 Å². The number of nitrogen functional groups attached to an aromatic ring is 1. The molecule has 2 aromatic rings.